The van der Waals surface area contributed by atoms with E-state index in [1.807, 2.05) is 13.8 Å². The molecule has 2 atom stereocenters. The number of nitrogens with two attached hydrogens (primary N) is 3. The number of hydrogen-bond acceptors (Lipinski definition) is 7. The molecule has 0 radical (unpaired) electrons. The molecular formula is C15H30N6O4. The molecule has 0 spiro atoms. The second kappa shape index (κ2) is 13.9. The third-order valence-corrected chi connectivity index (χ3v) is 3.14. The Labute approximate surface area is 147 Å². The van der Waals surface area contributed by atoms with Crippen LogP contribution in [0.1, 0.15) is 48.9 Å². The topological polar surface area (TPSA) is 179 Å². The van der Waals surface area contributed by atoms with Gasteiger partial charge in [0.15, 0.2) is 0 Å². The van der Waals surface area contributed by atoms with Gasteiger partial charge in [0, 0.05) is 19.0 Å². The van der Waals surface area contributed by atoms with Gasteiger partial charge in [0.1, 0.15) is 6.04 Å². The highest BCUT2D eigenvalue weighted by Crippen LogP contribution is 2.18. The lowest BCUT2D eigenvalue weighted by Gasteiger charge is -2.14. The maximum atomic E-state index is 12.0. The first-order valence-corrected chi connectivity index (χ1v) is 7.81. The molecule has 3 amide bonds. The molecule has 0 aliphatic carbocycles. The molecule has 1 aromatic rings. The van der Waals surface area contributed by atoms with Crippen LogP contribution in [0.5, 0.6) is 0 Å². The van der Waals surface area contributed by atoms with E-state index in [4.69, 9.17) is 10.3 Å². The van der Waals surface area contributed by atoms with Crippen molar-refractivity contribution in [2.75, 3.05) is 21.1 Å². The molecule has 1 aromatic heterocycles. The monoisotopic (exact) mass is 358 g/mol. The Morgan fingerprint density at radius 3 is 2.24 bits per heavy atom. The summed E-state index contributed by atoms with van der Waals surface area (Å²) in [5.41, 5.74) is 14.7. The lowest BCUT2D eigenvalue weighted by Crippen LogP contribution is -2.47. The van der Waals surface area contributed by atoms with Gasteiger partial charge in [0.25, 0.3) is 5.91 Å². The second-order valence-corrected chi connectivity index (χ2v) is 4.74. The molecular weight excluding hydrogens is 328 g/mol. The van der Waals surface area contributed by atoms with Gasteiger partial charge in [0.05, 0.1) is 12.1 Å². The highest BCUT2D eigenvalue weighted by Gasteiger charge is 2.24. The van der Waals surface area contributed by atoms with E-state index in [1.54, 1.807) is 0 Å². The van der Waals surface area contributed by atoms with Crippen molar-refractivity contribution >= 4 is 17.7 Å². The van der Waals surface area contributed by atoms with E-state index < -0.39 is 23.8 Å². The molecule has 8 N–H and O–H groups in total. The van der Waals surface area contributed by atoms with Crippen LogP contribution in [0.2, 0.25) is 0 Å². The smallest absolute Gasteiger partial charge is 0.290 e. The highest BCUT2D eigenvalue weighted by atomic mass is 16.5. The summed E-state index contributed by atoms with van der Waals surface area (Å²) in [4.78, 5) is 34.5. The van der Waals surface area contributed by atoms with Crippen LogP contribution in [0.25, 0.3) is 0 Å². The Balaban J connectivity index is 0. The molecule has 0 saturated heterocycles. The predicted octanol–water partition coefficient (Wildman–Crippen LogP) is -0.942. The number of nitrogens with zero attached hydrogens (tertiary/aromatic N) is 1. The van der Waals surface area contributed by atoms with Crippen LogP contribution >= 0.6 is 0 Å². The number of aromatic nitrogens is 1. The Morgan fingerprint density at radius 2 is 1.80 bits per heavy atom. The van der Waals surface area contributed by atoms with Gasteiger partial charge in [-0.1, -0.05) is 19.0 Å². The van der Waals surface area contributed by atoms with Crippen molar-refractivity contribution in [1.82, 2.24) is 15.8 Å². The SMILES string of the molecule is CCC(C)c1cc(C(=O)N[C@@H](CC(N)=O)C(=O)NC)on1.CN.CN. The molecule has 1 heterocycles. The lowest BCUT2D eigenvalue weighted by molar-refractivity contribution is -0.126. The van der Waals surface area contributed by atoms with Gasteiger partial charge in [-0.15, -0.1) is 0 Å². The minimum absolute atomic E-state index is 0.0105. The van der Waals surface area contributed by atoms with E-state index in [2.05, 4.69) is 27.3 Å². The van der Waals surface area contributed by atoms with E-state index >= 15 is 0 Å². The standard InChI is InChI=1S/C13H20N4O4.2CH5N/c1-4-7(2)8-5-10(21-17-8)13(20)16-9(6-11(14)18)12(19)15-3;2*1-2/h5,7,9H,4,6H2,1-3H3,(H2,14,18)(H,15,19)(H,16,20);2*2H2,1H3/t7?,9-;;/m0../s1. The maximum Gasteiger partial charge on any atom is 0.290 e. The molecule has 1 unspecified atom stereocenters. The third-order valence-electron chi connectivity index (χ3n) is 3.14. The minimum Gasteiger partial charge on any atom is -0.370 e. The summed E-state index contributed by atoms with van der Waals surface area (Å²) in [6.45, 7) is 3.95. The zero-order valence-electron chi connectivity index (χ0n) is 15.5. The van der Waals surface area contributed by atoms with Crippen LogP contribution in [0.4, 0.5) is 0 Å². The first-order valence-electron chi connectivity index (χ1n) is 7.81. The number of primary amides is 1. The fraction of sp³-hybridized carbons (Fsp3) is 0.600. The Kier molecular flexibility index (Phi) is 13.8. The number of carbonyl (C=O) groups is 3. The molecule has 0 bridgehead atoms. The lowest BCUT2D eigenvalue weighted by atomic mass is 10.1. The molecule has 0 aliphatic rings. The van der Waals surface area contributed by atoms with Crippen LogP contribution in [0.15, 0.2) is 10.6 Å². The van der Waals surface area contributed by atoms with Gasteiger partial charge < -0.3 is 32.4 Å². The van der Waals surface area contributed by atoms with Crippen molar-refractivity contribution < 1.29 is 18.9 Å². The number of rotatable bonds is 7. The molecule has 0 saturated carbocycles. The zero-order valence-corrected chi connectivity index (χ0v) is 15.5. The van der Waals surface area contributed by atoms with Crippen molar-refractivity contribution in [2.45, 2.75) is 38.6 Å². The van der Waals surface area contributed by atoms with Crippen LogP contribution in [0, 0.1) is 0 Å². The van der Waals surface area contributed by atoms with Crippen LogP contribution < -0.4 is 27.8 Å². The van der Waals surface area contributed by atoms with Gasteiger partial charge in [-0.25, -0.2) is 0 Å². The first kappa shape index (κ1) is 24.8. The van der Waals surface area contributed by atoms with Crippen molar-refractivity contribution in [3.63, 3.8) is 0 Å². The molecule has 1 rings (SSSR count). The van der Waals surface area contributed by atoms with Gasteiger partial charge in [-0.3, -0.25) is 14.4 Å². The van der Waals surface area contributed by atoms with Gasteiger partial charge in [-0.05, 0) is 20.5 Å². The molecule has 0 aliphatic heterocycles. The number of amides is 3. The molecule has 10 nitrogen and oxygen atoms in total. The molecule has 25 heavy (non-hydrogen) atoms. The summed E-state index contributed by atoms with van der Waals surface area (Å²) in [6.07, 6.45) is 0.563. The summed E-state index contributed by atoms with van der Waals surface area (Å²) in [5.74, 6) is -1.67. The number of likely N-dealkylation sites (N-methyl/N-ethyl adjacent to an activating group) is 1. The third kappa shape index (κ3) is 8.82. The van der Waals surface area contributed by atoms with E-state index in [0.29, 0.717) is 5.69 Å². The van der Waals surface area contributed by atoms with Crippen LogP contribution in [-0.2, 0) is 9.59 Å². The largest absolute Gasteiger partial charge is 0.370 e. The van der Waals surface area contributed by atoms with Crippen molar-refractivity contribution in [3.8, 4) is 0 Å². The van der Waals surface area contributed by atoms with Gasteiger partial charge in [0.2, 0.25) is 17.6 Å². The average molecular weight is 358 g/mol. The fourth-order valence-electron chi connectivity index (χ4n) is 1.65. The summed E-state index contributed by atoms with van der Waals surface area (Å²) in [7, 11) is 4.40. The van der Waals surface area contributed by atoms with E-state index in [1.165, 1.54) is 27.2 Å². The second-order valence-electron chi connectivity index (χ2n) is 4.74. The van der Waals surface area contributed by atoms with Crippen molar-refractivity contribution in [3.05, 3.63) is 17.5 Å². The Bertz CT molecular complexity index is 532. The summed E-state index contributed by atoms with van der Waals surface area (Å²) < 4.78 is 4.96. The maximum absolute atomic E-state index is 12.0. The summed E-state index contributed by atoms with van der Waals surface area (Å²) >= 11 is 0. The Hall–Kier alpha value is -2.46. The number of hydrogen-bond donors (Lipinski definition) is 5. The molecule has 144 valence electrons. The number of nitrogens with one attached hydrogen (secondary N) is 2. The molecule has 0 fully saturated rings. The molecule has 0 aromatic carbocycles. The van der Waals surface area contributed by atoms with Gasteiger partial charge >= 0.3 is 0 Å². The van der Waals surface area contributed by atoms with Crippen LogP contribution in [0.3, 0.4) is 0 Å². The van der Waals surface area contributed by atoms with Crippen LogP contribution in [-0.4, -0.2) is 50.1 Å². The fourth-order valence-corrected chi connectivity index (χ4v) is 1.65. The van der Waals surface area contributed by atoms with E-state index in [9.17, 15) is 14.4 Å². The van der Waals surface area contributed by atoms with E-state index in [0.717, 1.165) is 6.42 Å². The number of carbonyl (C=O) groups excluding carboxylic acids is 3. The summed E-state index contributed by atoms with van der Waals surface area (Å²) in [6, 6.07) is 0.478. The van der Waals surface area contributed by atoms with E-state index in [-0.39, 0.29) is 18.1 Å². The van der Waals surface area contributed by atoms with Gasteiger partial charge in [-0.2, -0.15) is 0 Å². The first-order chi connectivity index (χ1) is 11.9. The summed E-state index contributed by atoms with van der Waals surface area (Å²) in [5, 5.41) is 8.57. The minimum atomic E-state index is -1.04. The Morgan fingerprint density at radius 1 is 1.24 bits per heavy atom. The zero-order chi connectivity index (χ0) is 20.0. The van der Waals surface area contributed by atoms with Crippen molar-refractivity contribution in [2.24, 2.45) is 17.2 Å². The molecule has 10 heteroatoms. The predicted molar refractivity (Wildman–Crippen MR) is 94.6 cm³/mol. The quantitative estimate of drug-likeness (QED) is 0.417. The normalized spacial score (nSPS) is 11.6. The van der Waals surface area contributed by atoms with Crippen molar-refractivity contribution in [1.29, 1.82) is 0 Å². The highest BCUT2D eigenvalue weighted by molar-refractivity contribution is 5.97. The average Bonchev–Trinajstić information content (AvgIpc) is 3.13.